The highest BCUT2D eigenvalue weighted by molar-refractivity contribution is 9.10. The van der Waals surface area contributed by atoms with Crippen molar-refractivity contribution in [2.45, 2.75) is 52.0 Å². The van der Waals surface area contributed by atoms with Gasteiger partial charge < -0.3 is 5.32 Å². The molecular formula is C15H21BrN2O2. The Labute approximate surface area is 128 Å². The second kappa shape index (κ2) is 6.12. The van der Waals surface area contributed by atoms with Crippen LogP contribution >= 0.6 is 15.9 Å². The van der Waals surface area contributed by atoms with Crippen molar-refractivity contribution in [3.8, 4) is 0 Å². The van der Waals surface area contributed by atoms with Gasteiger partial charge >= 0.3 is 0 Å². The van der Waals surface area contributed by atoms with Crippen LogP contribution < -0.4 is 5.32 Å². The third kappa shape index (κ3) is 3.95. The Balaban J connectivity index is 2.06. The first kappa shape index (κ1) is 15.3. The summed E-state index contributed by atoms with van der Waals surface area (Å²) in [6.07, 6.45) is 5.92. The minimum absolute atomic E-state index is 0.115. The number of benzene rings is 1. The lowest BCUT2D eigenvalue weighted by Crippen LogP contribution is -2.19. The molecule has 1 saturated carbocycles. The molecule has 5 heteroatoms. The molecule has 0 bridgehead atoms. The summed E-state index contributed by atoms with van der Waals surface area (Å²) in [6.45, 7) is 4.64. The van der Waals surface area contributed by atoms with E-state index in [4.69, 9.17) is 0 Å². The fraction of sp³-hybridized carbons (Fsp3) is 0.600. The number of nitrogens with zero attached hydrogens (tertiary/aromatic N) is 1. The molecule has 0 aliphatic heterocycles. The lowest BCUT2D eigenvalue weighted by molar-refractivity contribution is -0.385. The maximum Gasteiger partial charge on any atom is 0.285 e. The van der Waals surface area contributed by atoms with Gasteiger partial charge in [0, 0.05) is 17.8 Å². The van der Waals surface area contributed by atoms with Crippen LogP contribution in [0, 0.1) is 15.5 Å². The van der Waals surface area contributed by atoms with Crippen LogP contribution in [0.3, 0.4) is 0 Å². The van der Waals surface area contributed by atoms with Crippen LogP contribution in [0.2, 0.25) is 0 Å². The van der Waals surface area contributed by atoms with Gasteiger partial charge in [-0.25, -0.2) is 0 Å². The largest absolute Gasteiger partial charge is 0.382 e. The monoisotopic (exact) mass is 340 g/mol. The highest BCUT2D eigenvalue weighted by Gasteiger charge is 2.24. The first-order valence-corrected chi connectivity index (χ1v) is 7.87. The number of hydrogen-bond acceptors (Lipinski definition) is 3. The van der Waals surface area contributed by atoms with Crippen molar-refractivity contribution < 1.29 is 4.92 Å². The molecule has 1 atom stereocenters. The van der Waals surface area contributed by atoms with Crippen LogP contribution in [0.4, 0.5) is 11.4 Å². The first-order valence-electron chi connectivity index (χ1n) is 7.08. The van der Waals surface area contributed by atoms with Gasteiger partial charge in [0.2, 0.25) is 0 Å². The third-order valence-electron chi connectivity index (χ3n) is 4.09. The minimum atomic E-state index is -0.356. The lowest BCUT2D eigenvalue weighted by Gasteiger charge is -2.22. The maximum absolute atomic E-state index is 11.0. The van der Waals surface area contributed by atoms with Crippen molar-refractivity contribution in [1.82, 2.24) is 0 Å². The number of anilines is 1. The highest BCUT2D eigenvalue weighted by Crippen LogP contribution is 2.35. The third-order valence-corrected chi connectivity index (χ3v) is 4.76. The first-order chi connectivity index (χ1) is 9.37. The van der Waals surface area contributed by atoms with E-state index in [2.05, 4.69) is 35.1 Å². The standard InChI is InChI=1S/C15H21BrN2O2/c1-15(2)8-3-4-11(7-9-15)17-12-5-6-13(16)14(10-12)18(19)20/h5-6,10-11,17H,3-4,7-9H2,1-2H3. The van der Waals surface area contributed by atoms with E-state index in [9.17, 15) is 10.1 Å². The molecule has 4 nitrogen and oxygen atoms in total. The Morgan fingerprint density at radius 3 is 2.80 bits per heavy atom. The Morgan fingerprint density at radius 2 is 2.10 bits per heavy atom. The summed E-state index contributed by atoms with van der Waals surface area (Å²) in [5.74, 6) is 0. The molecule has 0 heterocycles. The van der Waals surface area contributed by atoms with E-state index in [0.29, 0.717) is 15.9 Å². The molecule has 0 radical (unpaired) electrons. The zero-order valence-electron chi connectivity index (χ0n) is 12.0. The van der Waals surface area contributed by atoms with Gasteiger partial charge in [-0.15, -0.1) is 0 Å². The molecule has 0 amide bonds. The van der Waals surface area contributed by atoms with Crippen molar-refractivity contribution in [3.05, 3.63) is 32.8 Å². The van der Waals surface area contributed by atoms with Crippen LogP contribution in [0.25, 0.3) is 0 Å². The Kier molecular flexibility index (Phi) is 4.68. The van der Waals surface area contributed by atoms with Crippen molar-refractivity contribution in [2.75, 3.05) is 5.32 Å². The molecule has 1 aromatic rings. The number of halogens is 1. The van der Waals surface area contributed by atoms with Gasteiger partial charge in [-0.2, -0.15) is 0 Å². The predicted octanol–water partition coefficient (Wildman–Crippen LogP) is 5.13. The molecule has 0 saturated heterocycles. The van der Waals surface area contributed by atoms with Crippen molar-refractivity contribution in [2.24, 2.45) is 5.41 Å². The van der Waals surface area contributed by atoms with Gasteiger partial charge in [0.25, 0.3) is 5.69 Å². The molecule has 1 aliphatic rings. The molecule has 1 fully saturated rings. The molecule has 110 valence electrons. The highest BCUT2D eigenvalue weighted by atomic mass is 79.9. The second-order valence-corrected chi connectivity index (χ2v) is 7.21. The summed E-state index contributed by atoms with van der Waals surface area (Å²) < 4.78 is 0.523. The number of nitrogens with one attached hydrogen (secondary N) is 1. The number of hydrogen-bond donors (Lipinski definition) is 1. The average Bonchev–Trinajstić information content (AvgIpc) is 2.53. The van der Waals surface area contributed by atoms with Crippen LogP contribution in [-0.2, 0) is 0 Å². The van der Waals surface area contributed by atoms with E-state index in [1.165, 1.54) is 19.3 Å². The predicted molar refractivity (Wildman–Crippen MR) is 85.1 cm³/mol. The Bertz CT molecular complexity index is 503. The zero-order valence-corrected chi connectivity index (χ0v) is 13.6. The SMILES string of the molecule is CC1(C)CCCC(Nc2ccc(Br)c([N+](=O)[O-])c2)CC1. The van der Waals surface area contributed by atoms with E-state index >= 15 is 0 Å². The second-order valence-electron chi connectivity index (χ2n) is 6.36. The summed E-state index contributed by atoms with van der Waals surface area (Å²) >= 11 is 3.21. The van der Waals surface area contributed by atoms with Crippen molar-refractivity contribution in [1.29, 1.82) is 0 Å². The van der Waals surface area contributed by atoms with Crippen LogP contribution in [0.5, 0.6) is 0 Å². The zero-order chi connectivity index (χ0) is 14.8. The molecule has 1 aromatic carbocycles. The molecule has 20 heavy (non-hydrogen) atoms. The van der Waals surface area contributed by atoms with Crippen molar-refractivity contribution in [3.63, 3.8) is 0 Å². The van der Waals surface area contributed by atoms with Gasteiger partial charge in [0.15, 0.2) is 0 Å². The van der Waals surface area contributed by atoms with E-state index < -0.39 is 0 Å². The van der Waals surface area contributed by atoms with Gasteiger partial charge in [-0.3, -0.25) is 10.1 Å². The summed E-state index contributed by atoms with van der Waals surface area (Å²) in [4.78, 5) is 10.6. The molecule has 0 spiro atoms. The molecule has 0 aromatic heterocycles. The summed E-state index contributed by atoms with van der Waals surface area (Å²) in [5, 5.41) is 14.4. The van der Waals surface area contributed by atoms with Crippen molar-refractivity contribution >= 4 is 27.3 Å². The van der Waals surface area contributed by atoms with Gasteiger partial charge in [0.05, 0.1) is 9.40 Å². The number of nitro benzene ring substituents is 1. The van der Waals surface area contributed by atoms with E-state index in [-0.39, 0.29) is 10.6 Å². The quantitative estimate of drug-likeness (QED) is 0.471. The fourth-order valence-electron chi connectivity index (χ4n) is 2.78. The molecular weight excluding hydrogens is 320 g/mol. The molecule has 1 unspecified atom stereocenters. The smallest absolute Gasteiger partial charge is 0.285 e. The van der Waals surface area contributed by atoms with Crippen LogP contribution in [0.1, 0.15) is 46.0 Å². The summed E-state index contributed by atoms with van der Waals surface area (Å²) in [5.41, 5.74) is 1.37. The van der Waals surface area contributed by atoms with Gasteiger partial charge in [0.1, 0.15) is 0 Å². The normalized spacial score (nSPS) is 22.1. The van der Waals surface area contributed by atoms with Crippen LogP contribution in [0.15, 0.2) is 22.7 Å². The van der Waals surface area contributed by atoms with E-state index in [1.807, 2.05) is 6.07 Å². The van der Waals surface area contributed by atoms with E-state index in [0.717, 1.165) is 18.5 Å². The summed E-state index contributed by atoms with van der Waals surface area (Å²) in [7, 11) is 0. The van der Waals surface area contributed by atoms with Gasteiger partial charge in [-0.05, 0) is 59.2 Å². The average molecular weight is 341 g/mol. The van der Waals surface area contributed by atoms with E-state index in [1.54, 1.807) is 12.1 Å². The number of nitro groups is 1. The topological polar surface area (TPSA) is 55.2 Å². The molecule has 2 rings (SSSR count). The summed E-state index contributed by atoms with van der Waals surface area (Å²) in [6, 6.07) is 5.66. The minimum Gasteiger partial charge on any atom is -0.382 e. The maximum atomic E-state index is 11.0. The van der Waals surface area contributed by atoms with Gasteiger partial charge in [-0.1, -0.05) is 20.3 Å². The lowest BCUT2D eigenvalue weighted by atomic mass is 9.85. The Hall–Kier alpha value is -1.10. The molecule has 1 N–H and O–H groups in total. The molecule has 1 aliphatic carbocycles. The fourth-order valence-corrected chi connectivity index (χ4v) is 3.18. The van der Waals surface area contributed by atoms with Crippen LogP contribution in [-0.4, -0.2) is 11.0 Å². The number of rotatable bonds is 3. The Morgan fingerprint density at radius 1 is 1.35 bits per heavy atom.